The fourth-order valence-corrected chi connectivity index (χ4v) is 3.95. The van der Waals surface area contributed by atoms with E-state index in [0.717, 1.165) is 11.4 Å². The summed E-state index contributed by atoms with van der Waals surface area (Å²) in [4.78, 5) is 28.1. The molecule has 0 radical (unpaired) electrons. The number of aromatic nitrogens is 5. The maximum absolute atomic E-state index is 11.7. The Morgan fingerprint density at radius 3 is 2.60 bits per heavy atom. The summed E-state index contributed by atoms with van der Waals surface area (Å²) in [5, 5.41) is 9.40. The zero-order valence-electron chi connectivity index (χ0n) is 16.2. The summed E-state index contributed by atoms with van der Waals surface area (Å²) in [7, 11) is 1.61. The number of benzene rings is 2. The minimum Gasteiger partial charge on any atom is -0.497 e. The summed E-state index contributed by atoms with van der Waals surface area (Å²) >= 11 is 1.55. The third-order valence-electron chi connectivity index (χ3n) is 4.39. The summed E-state index contributed by atoms with van der Waals surface area (Å²) in [6.45, 7) is 0. The van der Waals surface area contributed by atoms with Gasteiger partial charge in [-0.2, -0.15) is 0 Å². The summed E-state index contributed by atoms with van der Waals surface area (Å²) in [5.74, 6) is 2.03. The molecule has 0 amide bonds. The maximum Gasteiger partial charge on any atom is 0.325 e. The molecule has 2 aromatic carbocycles. The smallest absolute Gasteiger partial charge is 0.325 e. The molecule has 4 aromatic rings. The fourth-order valence-electron chi connectivity index (χ4n) is 3.02. The first kappa shape index (κ1) is 19.7. The first-order valence-electron chi connectivity index (χ1n) is 9.20. The Bertz CT molecular complexity index is 1240. The van der Waals surface area contributed by atoms with Crippen LogP contribution in [-0.4, -0.2) is 31.8 Å². The molecule has 30 heavy (non-hydrogen) atoms. The molecule has 0 unspecified atom stereocenters. The van der Waals surface area contributed by atoms with Gasteiger partial charge in [0, 0.05) is 30.0 Å². The average molecular weight is 421 g/mol. The molecule has 8 nitrogen and oxygen atoms in total. The van der Waals surface area contributed by atoms with E-state index >= 15 is 0 Å². The van der Waals surface area contributed by atoms with E-state index in [1.807, 2.05) is 47.0 Å². The number of ether oxygens (including phenoxy) is 1. The zero-order valence-corrected chi connectivity index (χ0v) is 17.0. The number of hydrogen-bond acceptors (Lipinski definition) is 6. The van der Waals surface area contributed by atoms with E-state index in [1.165, 1.54) is 11.6 Å². The minimum absolute atomic E-state index is 0.245. The van der Waals surface area contributed by atoms with E-state index in [1.54, 1.807) is 18.9 Å². The molecule has 0 spiro atoms. The van der Waals surface area contributed by atoms with Gasteiger partial charge in [0.05, 0.1) is 12.8 Å². The molecule has 0 atom stereocenters. The molecule has 0 saturated heterocycles. The molecule has 9 heteroatoms. The van der Waals surface area contributed by atoms with Crippen LogP contribution < -0.4 is 16.0 Å². The molecular weight excluding hydrogens is 402 g/mol. The predicted molar refractivity (Wildman–Crippen MR) is 114 cm³/mol. The van der Waals surface area contributed by atoms with Crippen molar-refractivity contribution < 1.29 is 4.74 Å². The van der Waals surface area contributed by atoms with Crippen molar-refractivity contribution in [2.24, 2.45) is 0 Å². The van der Waals surface area contributed by atoms with Crippen molar-refractivity contribution in [1.29, 1.82) is 0 Å². The van der Waals surface area contributed by atoms with E-state index in [0.29, 0.717) is 22.4 Å². The Hall–Kier alpha value is -3.59. The predicted octanol–water partition coefficient (Wildman–Crippen LogP) is 2.54. The molecule has 0 aliphatic heterocycles. The van der Waals surface area contributed by atoms with Crippen LogP contribution in [-0.2, 0) is 12.2 Å². The summed E-state index contributed by atoms with van der Waals surface area (Å²) in [6.07, 6.45) is 0.245. The van der Waals surface area contributed by atoms with Gasteiger partial charge in [0.25, 0.3) is 5.56 Å². The van der Waals surface area contributed by atoms with Crippen LogP contribution in [0.25, 0.3) is 5.69 Å². The second-order valence-corrected chi connectivity index (χ2v) is 7.44. The largest absolute Gasteiger partial charge is 0.497 e. The van der Waals surface area contributed by atoms with E-state index < -0.39 is 11.2 Å². The highest BCUT2D eigenvalue weighted by Crippen LogP contribution is 2.27. The minimum atomic E-state index is -0.552. The van der Waals surface area contributed by atoms with Crippen molar-refractivity contribution in [2.45, 2.75) is 17.3 Å². The lowest BCUT2D eigenvalue weighted by atomic mass is 10.2. The molecule has 4 rings (SSSR count). The van der Waals surface area contributed by atoms with Gasteiger partial charge in [0.2, 0.25) is 0 Å². The van der Waals surface area contributed by atoms with Gasteiger partial charge in [0.1, 0.15) is 11.6 Å². The lowest BCUT2D eigenvalue weighted by Crippen LogP contribution is -2.23. The van der Waals surface area contributed by atoms with Crippen LogP contribution in [0.3, 0.4) is 0 Å². The van der Waals surface area contributed by atoms with Gasteiger partial charge in [-0.15, -0.1) is 10.2 Å². The van der Waals surface area contributed by atoms with Crippen molar-refractivity contribution in [1.82, 2.24) is 24.7 Å². The van der Waals surface area contributed by atoms with Crippen LogP contribution >= 0.6 is 11.8 Å². The van der Waals surface area contributed by atoms with Gasteiger partial charge < -0.3 is 9.72 Å². The Labute approximate surface area is 176 Å². The first-order chi connectivity index (χ1) is 14.6. The van der Waals surface area contributed by atoms with Crippen LogP contribution in [0.5, 0.6) is 5.75 Å². The van der Waals surface area contributed by atoms with E-state index in [4.69, 9.17) is 4.74 Å². The lowest BCUT2D eigenvalue weighted by Gasteiger charge is -2.11. The normalized spacial score (nSPS) is 10.8. The molecule has 0 aliphatic carbocycles. The fraction of sp³-hybridized carbons (Fsp3) is 0.143. The number of H-pyrrole nitrogens is 2. The number of thioether (sulfide) groups is 1. The number of nitrogens with one attached hydrogen (secondary N) is 2. The third-order valence-corrected chi connectivity index (χ3v) is 5.39. The Kier molecular flexibility index (Phi) is 5.80. The van der Waals surface area contributed by atoms with Gasteiger partial charge in [-0.05, 0) is 17.7 Å². The maximum atomic E-state index is 11.7. The second kappa shape index (κ2) is 8.83. The van der Waals surface area contributed by atoms with Crippen molar-refractivity contribution in [3.8, 4) is 11.4 Å². The van der Waals surface area contributed by atoms with Crippen molar-refractivity contribution >= 4 is 11.8 Å². The zero-order chi connectivity index (χ0) is 20.9. The summed E-state index contributed by atoms with van der Waals surface area (Å²) in [6, 6.07) is 19.0. The Balaban J connectivity index is 1.72. The van der Waals surface area contributed by atoms with Crippen molar-refractivity contribution in [3.05, 3.63) is 98.6 Å². The van der Waals surface area contributed by atoms with E-state index in [2.05, 4.69) is 32.3 Å². The van der Waals surface area contributed by atoms with Crippen LogP contribution in [0, 0.1) is 0 Å². The third kappa shape index (κ3) is 4.52. The first-order valence-corrected chi connectivity index (χ1v) is 10.2. The molecule has 0 bridgehead atoms. The SMILES string of the molecule is COc1cccc(-n2c(Cc3cc(=O)[nH]c(=O)[nH]3)nnc2SCc2ccccc2)c1. The van der Waals surface area contributed by atoms with Gasteiger partial charge in [0.15, 0.2) is 5.16 Å². The highest BCUT2D eigenvalue weighted by molar-refractivity contribution is 7.98. The molecule has 0 fully saturated rings. The topological polar surface area (TPSA) is 106 Å². The lowest BCUT2D eigenvalue weighted by molar-refractivity contribution is 0.414. The highest BCUT2D eigenvalue weighted by Gasteiger charge is 2.16. The molecule has 2 heterocycles. The average Bonchev–Trinajstić information content (AvgIpc) is 3.14. The molecule has 152 valence electrons. The van der Waals surface area contributed by atoms with Gasteiger partial charge in [-0.3, -0.25) is 14.3 Å². The molecule has 2 N–H and O–H groups in total. The quantitative estimate of drug-likeness (QED) is 0.444. The monoisotopic (exact) mass is 421 g/mol. The van der Waals surface area contributed by atoms with Crippen LogP contribution in [0.2, 0.25) is 0 Å². The highest BCUT2D eigenvalue weighted by atomic mass is 32.2. The molecule has 0 aliphatic rings. The standard InChI is InChI=1S/C21H19N5O3S/c1-29-17-9-5-8-16(12-17)26-18(10-15-11-19(27)23-20(28)22-15)24-25-21(26)30-13-14-6-3-2-4-7-14/h2-9,11-12H,10,13H2,1H3,(H2,22,23,27,28). The van der Waals surface area contributed by atoms with Crippen molar-refractivity contribution in [3.63, 3.8) is 0 Å². The number of methoxy groups -OCH3 is 1. The molecule has 2 aromatic heterocycles. The van der Waals surface area contributed by atoms with E-state index in [9.17, 15) is 9.59 Å². The molecule has 0 saturated carbocycles. The molecular formula is C21H19N5O3S. The second-order valence-electron chi connectivity index (χ2n) is 6.50. The van der Waals surface area contributed by atoms with Crippen molar-refractivity contribution in [2.75, 3.05) is 7.11 Å². The Morgan fingerprint density at radius 2 is 1.83 bits per heavy atom. The van der Waals surface area contributed by atoms with Crippen LogP contribution in [0.15, 0.2) is 75.4 Å². The van der Waals surface area contributed by atoms with E-state index in [-0.39, 0.29) is 6.42 Å². The summed E-state index contributed by atoms with van der Waals surface area (Å²) < 4.78 is 7.27. The van der Waals surface area contributed by atoms with Crippen LogP contribution in [0.4, 0.5) is 0 Å². The number of aromatic amines is 2. The van der Waals surface area contributed by atoms with Gasteiger partial charge >= 0.3 is 5.69 Å². The number of nitrogens with zero attached hydrogens (tertiary/aromatic N) is 3. The van der Waals surface area contributed by atoms with Gasteiger partial charge in [-0.25, -0.2) is 4.79 Å². The van der Waals surface area contributed by atoms with Gasteiger partial charge in [-0.1, -0.05) is 48.2 Å². The number of rotatable bonds is 7. The number of hydrogen-bond donors (Lipinski definition) is 2. The van der Waals surface area contributed by atoms with Crippen LogP contribution in [0.1, 0.15) is 17.1 Å². The summed E-state index contributed by atoms with van der Waals surface area (Å²) in [5.41, 5.74) is 1.45. The Morgan fingerprint density at radius 1 is 1.00 bits per heavy atom.